The zero-order chi connectivity index (χ0) is 15.2. The van der Waals surface area contributed by atoms with Crippen LogP contribution in [0.4, 0.5) is 19.0 Å². The van der Waals surface area contributed by atoms with Crippen molar-refractivity contribution in [1.82, 2.24) is 4.98 Å². The maximum atomic E-state index is 12.7. The van der Waals surface area contributed by atoms with Gasteiger partial charge in [-0.05, 0) is 12.1 Å². The number of hydrogen-bond acceptors (Lipinski definition) is 4. The number of rotatable bonds is 7. The number of ether oxygens (including phenoxy) is 1. The Morgan fingerprint density at radius 2 is 2.10 bits per heavy atom. The minimum atomic E-state index is -4.47. The van der Waals surface area contributed by atoms with Gasteiger partial charge in [-0.15, -0.1) is 0 Å². The molecule has 0 bridgehead atoms. The maximum Gasteiger partial charge on any atom is 0.433 e. The highest BCUT2D eigenvalue weighted by molar-refractivity contribution is 7.80. The Labute approximate surface area is 120 Å². The molecule has 20 heavy (non-hydrogen) atoms. The highest BCUT2D eigenvalue weighted by Gasteiger charge is 2.32. The summed E-state index contributed by atoms with van der Waals surface area (Å²) >= 11 is 4.78. The first-order valence-electron chi connectivity index (χ1n) is 5.91. The first-order valence-corrected chi connectivity index (χ1v) is 6.32. The van der Waals surface area contributed by atoms with Crippen LogP contribution in [-0.4, -0.2) is 36.8 Å². The first-order chi connectivity index (χ1) is 9.34. The number of halogens is 3. The molecule has 4 nitrogen and oxygen atoms in total. The molecule has 0 amide bonds. The average molecular weight is 307 g/mol. The van der Waals surface area contributed by atoms with E-state index in [-0.39, 0.29) is 5.82 Å². The summed E-state index contributed by atoms with van der Waals surface area (Å²) in [5.74, 6) is 0.230. The molecule has 0 aliphatic heterocycles. The lowest BCUT2D eigenvalue weighted by molar-refractivity contribution is -0.141. The second kappa shape index (κ2) is 7.39. The molecule has 0 radical (unpaired) electrons. The normalized spacial score (nSPS) is 11.4. The van der Waals surface area contributed by atoms with Crippen molar-refractivity contribution in [2.45, 2.75) is 12.6 Å². The molecule has 1 rings (SSSR count). The van der Waals surface area contributed by atoms with Crippen molar-refractivity contribution in [1.29, 1.82) is 0 Å². The number of anilines is 1. The Morgan fingerprint density at radius 1 is 1.40 bits per heavy atom. The van der Waals surface area contributed by atoms with Crippen molar-refractivity contribution in [2.24, 2.45) is 5.73 Å². The second-order valence-electron chi connectivity index (χ2n) is 4.07. The lowest BCUT2D eigenvalue weighted by atomic mass is 10.3. The monoisotopic (exact) mass is 307 g/mol. The second-order valence-corrected chi connectivity index (χ2v) is 4.60. The summed E-state index contributed by atoms with van der Waals surface area (Å²) in [4.78, 5) is 5.61. The minimum absolute atomic E-state index is 0.230. The molecule has 112 valence electrons. The molecule has 1 heterocycles. The minimum Gasteiger partial charge on any atom is -0.393 e. The first kappa shape index (κ1) is 16.6. The SMILES string of the molecule is COCCN(CCC(N)=S)c1cccc(C(F)(F)F)n1. The van der Waals surface area contributed by atoms with Crippen LogP contribution in [0.25, 0.3) is 0 Å². The van der Waals surface area contributed by atoms with Gasteiger partial charge in [0, 0.05) is 26.6 Å². The fourth-order valence-electron chi connectivity index (χ4n) is 1.54. The highest BCUT2D eigenvalue weighted by Crippen LogP contribution is 2.28. The summed E-state index contributed by atoms with van der Waals surface area (Å²) in [6.07, 6.45) is -4.07. The average Bonchev–Trinajstić information content (AvgIpc) is 2.38. The highest BCUT2D eigenvalue weighted by atomic mass is 32.1. The van der Waals surface area contributed by atoms with E-state index in [0.29, 0.717) is 31.1 Å². The molecular weight excluding hydrogens is 291 g/mol. The van der Waals surface area contributed by atoms with Gasteiger partial charge < -0.3 is 15.4 Å². The molecule has 0 atom stereocenters. The van der Waals surface area contributed by atoms with Gasteiger partial charge in [0.2, 0.25) is 0 Å². The topological polar surface area (TPSA) is 51.4 Å². The standard InChI is InChI=1S/C12H16F3N3OS/c1-19-8-7-18(6-5-10(16)20)11-4-2-3-9(17-11)12(13,14)15/h2-4H,5-8H2,1H3,(H2,16,20). The van der Waals surface area contributed by atoms with Gasteiger partial charge in [0.05, 0.1) is 11.6 Å². The summed E-state index contributed by atoms with van der Waals surface area (Å²) in [5.41, 5.74) is 4.50. The number of methoxy groups -OCH3 is 1. The van der Waals surface area contributed by atoms with Crippen LogP contribution >= 0.6 is 12.2 Å². The van der Waals surface area contributed by atoms with Crippen molar-refractivity contribution in [3.05, 3.63) is 23.9 Å². The molecule has 0 saturated carbocycles. The van der Waals surface area contributed by atoms with Crippen LogP contribution < -0.4 is 10.6 Å². The molecule has 0 aromatic carbocycles. The van der Waals surface area contributed by atoms with Crippen LogP contribution in [0.3, 0.4) is 0 Å². The third kappa shape index (κ3) is 5.30. The molecule has 0 spiro atoms. The van der Waals surface area contributed by atoms with Crippen molar-refractivity contribution in [2.75, 3.05) is 31.7 Å². The zero-order valence-electron chi connectivity index (χ0n) is 11.0. The van der Waals surface area contributed by atoms with Gasteiger partial charge in [-0.25, -0.2) is 4.98 Å². The third-order valence-corrected chi connectivity index (χ3v) is 2.75. The molecule has 0 unspecified atom stereocenters. The van der Waals surface area contributed by atoms with Gasteiger partial charge in [-0.1, -0.05) is 18.3 Å². The number of hydrogen-bond donors (Lipinski definition) is 1. The fourth-order valence-corrected chi connectivity index (χ4v) is 1.64. The van der Waals surface area contributed by atoms with Gasteiger partial charge in [0.1, 0.15) is 11.5 Å². The number of pyridine rings is 1. The van der Waals surface area contributed by atoms with E-state index in [0.717, 1.165) is 6.07 Å². The van der Waals surface area contributed by atoms with E-state index in [9.17, 15) is 13.2 Å². The van der Waals surface area contributed by atoms with E-state index in [1.165, 1.54) is 19.2 Å². The van der Waals surface area contributed by atoms with Crippen molar-refractivity contribution < 1.29 is 17.9 Å². The van der Waals surface area contributed by atoms with E-state index in [1.54, 1.807) is 4.90 Å². The Morgan fingerprint density at radius 3 is 2.65 bits per heavy atom. The van der Waals surface area contributed by atoms with Crippen LogP contribution in [0.5, 0.6) is 0 Å². The van der Waals surface area contributed by atoms with E-state index < -0.39 is 11.9 Å². The molecule has 1 aromatic rings. The van der Waals surface area contributed by atoms with Gasteiger partial charge in [0.15, 0.2) is 0 Å². The summed E-state index contributed by atoms with van der Waals surface area (Å²) in [7, 11) is 1.52. The quantitative estimate of drug-likeness (QED) is 0.783. The Bertz CT molecular complexity index is 454. The molecule has 1 aromatic heterocycles. The van der Waals surface area contributed by atoms with E-state index >= 15 is 0 Å². The van der Waals surface area contributed by atoms with Crippen molar-refractivity contribution in [3.8, 4) is 0 Å². The van der Waals surface area contributed by atoms with Crippen LogP contribution in [0.1, 0.15) is 12.1 Å². The number of nitrogens with two attached hydrogens (primary N) is 1. The van der Waals surface area contributed by atoms with E-state index in [2.05, 4.69) is 4.98 Å². The van der Waals surface area contributed by atoms with Gasteiger partial charge in [0.25, 0.3) is 0 Å². The number of nitrogens with zero attached hydrogens (tertiary/aromatic N) is 2. The fraction of sp³-hybridized carbons (Fsp3) is 0.500. The van der Waals surface area contributed by atoms with Gasteiger partial charge in [-0.3, -0.25) is 0 Å². The number of alkyl halides is 3. The number of aromatic nitrogens is 1. The predicted molar refractivity (Wildman–Crippen MR) is 74.7 cm³/mol. The molecule has 0 aliphatic rings. The van der Waals surface area contributed by atoms with Crippen LogP contribution in [-0.2, 0) is 10.9 Å². The van der Waals surface area contributed by atoms with Crippen LogP contribution in [0.2, 0.25) is 0 Å². The third-order valence-electron chi connectivity index (χ3n) is 2.54. The Balaban J connectivity index is 2.91. The summed E-state index contributed by atoms with van der Waals surface area (Å²) in [6.45, 7) is 1.18. The molecule has 8 heteroatoms. The Hall–Kier alpha value is -1.41. The molecule has 0 aliphatic carbocycles. The Kier molecular flexibility index (Phi) is 6.15. The zero-order valence-corrected chi connectivity index (χ0v) is 11.8. The molecular formula is C12H16F3N3OS. The van der Waals surface area contributed by atoms with E-state index in [1.807, 2.05) is 0 Å². The largest absolute Gasteiger partial charge is 0.433 e. The lowest BCUT2D eigenvalue weighted by Crippen LogP contribution is -2.31. The van der Waals surface area contributed by atoms with E-state index in [4.69, 9.17) is 22.7 Å². The lowest BCUT2D eigenvalue weighted by Gasteiger charge is -2.24. The van der Waals surface area contributed by atoms with Crippen LogP contribution in [0, 0.1) is 0 Å². The smallest absolute Gasteiger partial charge is 0.393 e. The van der Waals surface area contributed by atoms with Gasteiger partial charge >= 0.3 is 6.18 Å². The molecule has 0 fully saturated rings. The summed E-state index contributed by atoms with van der Waals surface area (Å²) in [6, 6.07) is 3.78. The summed E-state index contributed by atoms with van der Waals surface area (Å²) < 4.78 is 42.9. The maximum absolute atomic E-state index is 12.7. The van der Waals surface area contributed by atoms with Crippen molar-refractivity contribution >= 4 is 23.0 Å². The number of thiocarbonyl (C=S) groups is 1. The summed E-state index contributed by atoms with van der Waals surface area (Å²) in [5, 5.41) is 0. The van der Waals surface area contributed by atoms with Crippen molar-refractivity contribution in [3.63, 3.8) is 0 Å². The molecule has 0 saturated heterocycles. The molecule has 2 N–H and O–H groups in total. The van der Waals surface area contributed by atoms with Crippen LogP contribution in [0.15, 0.2) is 18.2 Å². The van der Waals surface area contributed by atoms with Gasteiger partial charge in [-0.2, -0.15) is 13.2 Å². The predicted octanol–water partition coefficient (Wildman–Crippen LogP) is 2.23.